The molecule has 2 nitrogen and oxygen atoms in total. The summed E-state index contributed by atoms with van der Waals surface area (Å²) in [5.41, 5.74) is 0.618. The van der Waals surface area contributed by atoms with Crippen LogP contribution in [0.15, 0.2) is 35.9 Å². The van der Waals surface area contributed by atoms with Gasteiger partial charge in [0.25, 0.3) is 0 Å². The van der Waals surface area contributed by atoms with Crippen LogP contribution in [0.4, 0.5) is 0 Å². The van der Waals surface area contributed by atoms with Gasteiger partial charge in [-0.1, -0.05) is 24.6 Å². The summed E-state index contributed by atoms with van der Waals surface area (Å²) in [6.45, 7) is 3.71. The van der Waals surface area contributed by atoms with E-state index in [1.165, 1.54) is 0 Å². The third-order valence-corrected chi connectivity index (χ3v) is 2.11. The number of allylic oxidation sites excluding steroid dienone is 1. The van der Waals surface area contributed by atoms with Crippen LogP contribution in [-0.4, -0.2) is 5.97 Å². The zero-order valence-electron chi connectivity index (χ0n) is 8.79. The van der Waals surface area contributed by atoms with E-state index >= 15 is 0 Å². The summed E-state index contributed by atoms with van der Waals surface area (Å²) in [5.74, 6) is 0.187. The smallest absolute Gasteiger partial charge is 0.338 e. The highest BCUT2D eigenvalue weighted by atomic mass is 35.5. The fourth-order valence-electron chi connectivity index (χ4n) is 1.08. The normalized spacial score (nSPS) is 11.3. The van der Waals surface area contributed by atoms with E-state index in [0.29, 0.717) is 16.3 Å². The quantitative estimate of drug-likeness (QED) is 0.446. The Hall–Kier alpha value is -1.28. The van der Waals surface area contributed by atoms with Gasteiger partial charge in [-0.05, 0) is 37.6 Å². The number of carbonyl (C=O) groups is 1. The number of carbonyl (C=O) groups excluding carboxylic acids is 1. The molecule has 0 heterocycles. The SMILES string of the molecule is CCC=C(C)C(=O)Oc1ccc(Cl)cc1. The first kappa shape index (κ1) is 11.8. The van der Waals surface area contributed by atoms with Crippen molar-refractivity contribution in [1.82, 2.24) is 0 Å². The molecular weight excluding hydrogens is 212 g/mol. The molecule has 1 aromatic carbocycles. The van der Waals surface area contributed by atoms with Crippen molar-refractivity contribution in [2.45, 2.75) is 20.3 Å². The van der Waals surface area contributed by atoms with Crippen molar-refractivity contribution >= 4 is 17.6 Å². The number of hydrogen-bond acceptors (Lipinski definition) is 2. The summed E-state index contributed by atoms with van der Waals surface area (Å²) < 4.78 is 5.12. The van der Waals surface area contributed by atoms with Gasteiger partial charge in [-0.3, -0.25) is 0 Å². The Balaban J connectivity index is 2.66. The molecule has 0 bridgehead atoms. The minimum Gasteiger partial charge on any atom is -0.423 e. The molecule has 0 amide bonds. The maximum Gasteiger partial charge on any atom is 0.338 e. The van der Waals surface area contributed by atoms with E-state index in [9.17, 15) is 4.79 Å². The van der Waals surface area contributed by atoms with Crippen molar-refractivity contribution in [3.8, 4) is 5.75 Å². The maximum absolute atomic E-state index is 11.5. The highest BCUT2D eigenvalue weighted by Crippen LogP contribution is 2.16. The van der Waals surface area contributed by atoms with Gasteiger partial charge >= 0.3 is 5.97 Å². The number of benzene rings is 1. The molecule has 0 atom stereocenters. The second kappa shape index (κ2) is 5.56. The van der Waals surface area contributed by atoms with Crippen LogP contribution < -0.4 is 4.74 Å². The van der Waals surface area contributed by atoms with Crippen LogP contribution in [0.3, 0.4) is 0 Å². The van der Waals surface area contributed by atoms with Gasteiger partial charge < -0.3 is 4.74 Å². The van der Waals surface area contributed by atoms with E-state index < -0.39 is 0 Å². The summed E-state index contributed by atoms with van der Waals surface area (Å²) in [6, 6.07) is 6.70. The molecule has 3 heteroatoms. The van der Waals surface area contributed by atoms with E-state index in [1.807, 2.05) is 13.0 Å². The third kappa shape index (κ3) is 3.76. The van der Waals surface area contributed by atoms with Gasteiger partial charge in [-0.2, -0.15) is 0 Å². The molecule has 0 saturated heterocycles. The standard InChI is InChI=1S/C12H13ClO2/c1-3-4-9(2)12(14)15-11-7-5-10(13)6-8-11/h4-8H,3H2,1-2H3. The predicted octanol–water partition coefficient (Wildman–Crippen LogP) is 3.60. The Morgan fingerprint density at radius 3 is 2.53 bits per heavy atom. The van der Waals surface area contributed by atoms with Gasteiger partial charge in [-0.15, -0.1) is 0 Å². The number of halogens is 1. The van der Waals surface area contributed by atoms with E-state index in [-0.39, 0.29) is 5.97 Å². The lowest BCUT2D eigenvalue weighted by atomic mass is 10.2. The van der Waals surface area contributed by atoms with Crippen molar-refractivity contribution in [3.63, 3.8) is 0 Å². The molecule has 15 heavy (non-hydrogen) atoms. The summed E-state index contributed by atoms with van der Waals surface area (Å²) in [7, 11) is 0. The van der Waals surface area contributed by atoms with Crippen molar-refractivity contribution in [2.75, 3.05) is 0 Å². The highest BCUT2D eigenvalue weighted by molar-refractivity contribution is 6.30. The molecule has 0 aliphatic carbocycles. The molecule has 0 aliphatic heterocycles. The number of hydrogen-bond donors (Lipinski definition) is 0. The average molecular weight is 225 g/mol. The monoisotopic (exact) mass is 224 g/mol. The highest BCUT2D eigenvalue weighted by Gasteiger charge is 2.06. The van der Waals surface area contributed by atoms with Crippen LogP contribution in [0.2, 0.25) is 5.02 Å². The Morgan fingerprint density at radius 1 is 1.40 bits per heavy atom. The topological polar surface area (TPSA) is 26.3 Å². The lowest BCUT2D eigenvalue weighted by Crippen LogP contribution is -2.08. The van der Waals surface area contributed by atoms with Crippen LogP contribution in [-0.2, 0) is 4.79 Å². The first-order valence-electron chi connectivity index (χ1n) is 4.78. The third-order valence-electron chi connectivity index (χ3n) is 1.86. The second-order valence-corrected chi connectivity index (χ2v) is 3.58. The summed E-state index contributed by atoms with van der Waals surface area (Å²) in [4.78, 5) is 11.5. The zero-order chi connectivity index (χ0) is 11.3. The average Bonchev–Trinajstić information content (AvgIpc) is 2.22. The predicted molar refractivity (Wildman–Crippen MR) is 61.1 cm³/mol. The summed E-state index contributed by atoms with van der Waals surface area (Å²) in [6.07, 6.45) is 2.65. The minimum absolute atomic E-state index is 0.320. The molecular formula is C12H13ClO2. The minimum atomic E-state index is -0.320. The zero-order valence-corrected chi connectivity index (χ0v) is 9.54. The molecule has 0 radical (unpaired) electrons. The lowest BCUT2D eigenvalue weighted by molar-refractivity contribution is -0.130. The number of esters is 1. The molecule has 0 saturated carbocycles. The van der Waals surface area contributed by atoms with Crippen molar-refractivity contribution in [1.29, 1.82) is 0 Å². The fourth-order valence-corrected chi connectivity index (χ4v) is 1.21. The van der Waals surface area contributed by atoms with Gasteiger partial charge in [0.05, 0.1) is 0 Å². The molecule has 0 unspecified atom stereocenters. The fraction of sp³-hybridized carbons (Fsp3) is 0.250. The van der Waals surface area contributed by atoms with Crippen LogP contribution in [0.5, 0.6) is 5.75 Å². The van der Waals surface area contributed by atoms with Gasteiger partial charge in [0, 0.05) is 10.6 Å². The molecule has 0 spiro atoms. The molecule has 1 rings (SSSR count). The first-order chi connectivity index (χ1) is 7.13. The molecule has 80 valence electrons. The Morgan fingerprint density at radius 2 is 2.00 bits per heavy atom. The van der Waals surface area contributed by atoms with Gasteiger partial charge in [0.1, 0.15) is 5.75 Å². The Kier molecular flexibility index (Phi) is 4.37. The Bertz CT molecular complexity index is 366. The number of rotatable bonds is 3. The van der Waals surface area contributed by atoms with Crippen molar-refractivity contribution < 1.29 is 9.53 Å². The molecule has 0 fully saturated rings. The maximum atomic E-state index is 11.5. The van der Waals surface area contributed by atoms with Crippen LogP contribution >= 0.6 is 11.6 Å². The van der Waals surface area contributed by atoms with E-state index in [4.69, 9.17) is 16.3 Å². The van der Waals surface area contributed by atoms with Crippen LogP contribution in [0.1, 0.15) is 20.3 Å². The lowest BCUT2D eigenvalue weighted by Gasteiger charge is -2.03. The largest absolute Gasteiger partial charge is 0.423 e. The molecule has 0 N–H and O–H groups in total. The summed E-state index contributed by atoms with van der Waals surface area (Å²) >= 11 is 5.71. The van der Waals surface area contributed by atoms with E-state index in [1.54, 1.807) is 31.2 Å². The summed E-state index contributed by atoms with van der Waals surface area (Å²) in [5, 5.41) is 0.621. The molecule has 0 aliphatic rings. The second-order valence-electron chi connectivity index (χ2n) is 3.14. The Labute approximate surface area is 94.5 Å². The van der Waals surface area contributed by atoms with Gasteiger partial charge in [0.15, 0.2) is 0 Å². The van der Waals surface area contributed by atoms with Crippen LogP contribution in [0.25, 0.3) is 0 Å². The van der Waals surface area contributed by atoms with Gasteiger partial charge in [-0.25, -0.2) is 4.79 Å². The first-order valence-corrected chi connectivity index (χ1v) is 5.15. The number of ether oxygens (including phenoxy) is 1. The van der Waals surface area contributed by atoms with Crippen molar-refractivity contribution in [3.05, 3.63) is 40.9 Å². The van der Waals surface area contributed by atoms with Crippen LogP contribution in [0, 0.1) is 0 Å². The van der Waals surface area contributed by atoms with E-state index in [2.05, 4.69) is 0 Å². The van der Waals surface area contributed by atoms with E-state index in [0.717, 1.165) is 6.42 Å². The molecule has 0 aromatic heterocycles. The molecule has 1 aromatic rings. The van der Waals surface area contributed by atoms with Crippen molar-refractivity contribution in [2.24, 2.45) is 0 Å². The van der Waals surface area contributed by atoms with Gasteiger partial charge in [0.2, 0.25) is 0 Å².